The van der Waals surface area contributed by atoms with Gasteiger partial charge in [-0.1, -0.05) is 84.9 Å². The van der Waals surface area contributed by atoms with Crippen LogP contribution in [0, 0.1) is 5.82 Å². The number of rotatable bonds is 7. The number of likely N-dealkylation sites (tertiary alicyclic amines) is 1. The summed E-state index contributed by atoms with van der Waals surface area (Å²) >= 11 is 0. The van der Waals surface area contributed by atoms with Crippen molar-refractivity contribution in [2.24, 2.45) is 0 Å². The third-order valence-electron chi connectivity index (χ3n) is 6.53. The molecule has 4 heteroatoms. The Morgan fingerprint density at radius 3 is 2.03 bits per heavy atom. The quantitative estimate of drug-likeness (QED) is 0.288. The molecule has 1 aliphatic heterocycles. The van der Waals surface area contributed by atoms with Crippen molar-refractivity contribution >= 4 is 5.91 Å². The van der Waals surface area contributed by atoms with Gasteiger partial charge in [-0.3, -0.25) is 4.79 Å². The minimum Gasteiger partial charge on any atom is -0.489 e. The second-order valence-corrected chi connectivity index (χ2v) is 8.65. The average Bonchev–Trinajstić information content (AvgIpc) is 2.89. The van der Waals surface area contributed by atoms with Crippen LogP contribution in [0.3, 0.4) is 0 Å². The van der Waals surface area contributed by atoms with Crippen molar-refractivity contribution < 1.29 is 13.9 Å². The minimum absolute atomic E-state index is 0.0531. The number of benzene rings is 4. The summed E-state index contributed by atoms with van der Waals surface area (Å²) in [4.78, 5) is 15.3. The summed E-state index contributed by atoms with van der Waals surface area (Å²) in [5, 5.41) is 0. The molecular weight excluding hydrogens is 425 g/mol. The number of carbonyl (C=O) groups excluding carboxylic acids is 1. The van der Waals surface area contributed by atoms with Crippen molar-refractivity contribution in [3.63, 3.8) is 0 Å². The van der Waals surface area contributed by atoms with Gasteiger partial charge >= 0.3 is 0 Å². The maximum Gasteiger partial charge on any atom is 0.233 e. The molecule has 34 heavy (non-hydrogen) atoms. The number of hydrogen-bond acceptors (Lipinski definition) is 2. The highest BCUT2D eigenvalue weighted by Crippen LogP contribution is 2.50. The van der Waals surface area contributed by atoms with Crippen LogP contribution in [0.5, 0.6) is 5.75 Å². The molecule has 3 atom stereocenters. The van der Waals surface area contributed by atoms with Crippen molar-refractivity contribution in [1.82, 2.24) is 4.90 Å². The van der Waals surface area contributed by atoms with Crippen LogP contribution in [0.15, 0.2) is 109 Å². The van der Waals surface area contributed by atoms with Crippen LogP contribution in [0.4, 0.5) is 4.39 Å². The zero-order chi connectivity index (χ0) is 23.5. The molecule has 0 N–H and O–H groups in total. The lowest BCUT2D eigenvalue weighted by Crippen LogP contribution is -2.54. The first-order valence-electron chi connectivity index (χ1n) is 11.5. The van der Waals surface area contributed by atoms with Crippen LogP contribution in [-0.4, -0.2) is 10.8 Å². The molecule has 1 amide bonds. The number of ether oxygens (including phenoxy) is 1. The molecule has 0 aromatic heterocycles. The standard InChI is InChI=1S/C30H26FNO2/c1-21(23-10-6-3-7-11-23)32-29(28(30(32)33)24-12-16-26(31)17-13-24)25-14-18-27(19-15-25)34-20-22-8-4-2-5-9-22/h2-19,21,28-29H,20H2,1H3. The van der Waals surface area contributed by atoms with Crippen molar-refractivity contribution in [2.75, 3.05) is 0 Å². The van der Waals surface area contributed by atoms with Crippen molar-refractivity contribution in [1.29, 1.82) is 0 Å². The molecule has 1 aliphatic rings. The Morgan fingerprint density at radius 1 is 0.794 bits per heavy atom. The van der Waals surface area contributed by atoms with Crippen LogP contribution in [0.2, 0.25) is 0 Å². The van der Waals surface area contributed by atoms with E-state index in [0.29, 0.717) is 6.61 Å². The van der Waals surface area contributed by atoms with E-state index in [1.165, 1.54) is 12.1 Å². The summed E-state index contributed by atoms with van der Waals surface area (Å²) in [7, 11) is 0. The smallest absolute Gasteiger partial charge is 0.233 e. The topological polar surface area (TPSA) is 29.5 Å². The molecule has 170 valence electrons. The molecule has 0 radical (unpaired) electrons. The zero-order valence-corrected chi connectivity index (χ0v) is 19.0. The maximum absolute atomic E-state index is 13.5. The van der Waals surface area contributed by atoms with Crippen LogP contribution in [-0.2, 0) is 11.4 Å². The van der Waals surface area contributed by atoms with Gasteiger partial charge in [0.25, 0.3) is 0 Å². The zero-order valence-electron chi connectivity index (χ0n) is 19.0. The fourth-order valence-electron chi connectivity index (χ4n) is 4.69. The Kier molecular flexibility index (Phi) is 6.13. The maximum atomic E-state index is 13.5. The Morgan fingerprint density at radius 2 is 1.38 bits per heavy atom. The third-order valence-corrected chi connectivity index (χ3v) is 6.53. The fraction of sp³-hybridized carbons (Fsp3) is 0.167. The Labute approximate surface area is 199 Å². The molecule has 0 spiro atoms. The molecule has 4 aromatic rings. The average molecular weight is 452 g/mol. The van der Waals surface area contributed by atoms with Gasteiger partial charge in [-0.15, -0.1) is 0 Å². The first-order valence-corrected chi connectivity index (χ1v) is 11.5. The van der Waals surface area contributed by atoms with Gasteiger partial charge in [0.05, 0.1) is 18.0 Å². The van der Waals surface area contributed by atoms with E-state index in [1.54, 1.807) is 12.1 Å². The first kappa shape index (κ1) is 21.9. The number of β-lactam (4-membered cyclic amide) rings is 1. The van der Waals surface area contributed by atoms with Gasteiger partial charge in [0.15, 0.2) is 0 Å². The van der Waals surface area contributed by atoms with E-state index in [2.05, 4.69) is 6.92 Å². The molecule has 1 heterocycles. The predicted molar refractivity (Wildman–Crippen MR) is 131 cm³/mol. The Bertz CT molecular complexity index is 1240. The van der Waals surface area contributed by atoms with Gasteiger partial charge in [0.1, 0.15) is 18.2 Å². The number of amides is 1. The SMILES string of the molecule is CC(c1ccccc1)N1C(=O)C(c2ccc(F)cc2)C1c1ccc(OCc2ccccc2)cc1. The number of nitrogens with zero attached hydrogens (tertiary/aromatic N) is 1. The highest BCUT2D eigenvalue weighted by molar-refractivity contribution is 5.92. The summed E-state index contributed by atoms with van der Waals surface area (Å²) in [6, 6.07) is 34.1. The predicted octanol–water partition coefficient (Wildman–Crippen LogP) is 6.83. The molecule has 3 nitrogen and oxygen atoms in total. The van der Waals surface area contributed by atoms with Crippen LogP contribution >= 0.6 is 0 Å². The van der Waals surface area contributed by atoms with Crippen molar-refractivity contribution in [3.05, 3.63) is 137 Å². The van der Waals surface area contributed by atoms with Crippen molar-refractivity contribution in [2.45, 2.75) is 31.5 Å². The molecule has 1 fully saturated rings. The van der Waals surface area contributed by atoms with Crippen LogP contribution in [0.25, 0.3) is 0 Å². The molecule has 0 saturated carbocycles. The highest BCUT2D eigenvalue weighted by Gasteiger charge is 2.50. The largest absolute Gasteiger partial charge is 0.489 e. The van der Waals surface area contributed by atoms with E-state index >= 15 is 0 Å². The number of carbonyl (C=O) groups is 1. The Hall–Kier alpha value is -3.92. The lowest BCUT2D eigenvalue weighted by molar-refractivity contribution is -0.154. The molecular formula is C30H26FNO2. The monoisotopic (exact) mass is 451 g/mol. The molecule has 4 aromatic carbocycles. The summed E-state index contributed by atoms with van der Waals surface area (Å²) in [6.07, 6.45) is 0. The van der Waals surface area contributed by atoms with E-state index in [4.69, 9.17) is 4.74 Å². The minimum atomic E-state index is -0.345. The summed E-state index contributed by atoms with van der Waals surface area (Å²) in [5.41, 5.74) is 4.05. The second-order valence-electron chi connectivity index (χ2n) is 8.65. The van der Waals surface area contributed by atoms with Gasteiger partial charge in [-0.25, -0.2) is 4.39 Å². The lowest BCUT2D eigenvalue weighted by Gasteiger charge is -2.51. The van der Waals surface area contributed by atoms with Crippen LogP contribution < -0.4 is 4.74 Å². The summed E-state index contributed by atoms with van der Waals surface area (Å²) < 4.78 is 19.5. The van der Waals surface area contributed by atoms with E-state index in [1.807, 2.05) is 89.8 Å². The highest BCUT2D eigenvalue weighted by atomic mass is 19.1. The normalized spacial score (nSPS) is 18.3. The van der Waals surface area contributed by atoms with Gasteiger partial charge in [-0.2, -0.15) is 0 Å². The van der Waals surface area contributed by atoms with Gasteiger partial charge in [0.2, 0.25) is 5.91 Å². The van der Waals surface area contributed by atoms with Crippen molar-refractivity contribution in [3.8, 4) is 5.75 Å². The molecule has 5 rings (SSSR count). The summed E-state index contributed by atoms with van der Waals surface area (Å²) in [6.45, 7) is 2.55. The Balaban J connectivity index is 1.41. The van der Waals surface area contributed by atoms with E-state index < -0.39 is 0 Å². The number of halogens is 1. The van der Waals surface area contributed by atoms with Crippen LogP contribution in [0.1, 0.15) is 47.2 Å². The van der Waals surface area contributed by atoms with Gasteiger partial charge < -0.3 is 9.64 Å². The third kappa shape index (κ3) is 4.32. The first-order chi connectivity index (χ1) is 16.6. The summed E-state index contributed by atoms with van der Waals surface area (Å²) in [5.74, 6) is 0.181. The molecule has 3 unspecified atom stereocenters. The molecule has 1 saturated heterocycles. The molecule has 0 aliphatic carbocycles. The number of hydrogen-bond donors (Lipinski definition) is 0. The fourth-order valence-corrected chi connectivity index (χ4v) is 4.69. The van der Waals surface area contributed by atoms with E-state index in [9.17, 15) is 9.18 Å². The van der Waals surface area contributed by atoms with Gasteiger partial charge in [0, 0.05) is 0 Å². The molecule has 0 bridgehead atoms. The second kappa shape index (κ2) is 9.52. The van der Waals surface area contributed by atoms with E-state index in [0.717, 1.165) is 28.0 Å². The van der Waals surface area contributed by atoms with Gasteiger partial charge in [-0.05, 0) is 53.4 Å². The van der Waals surface area contributed by atoms with E-state index in [-0.39, 0.29) is 29.7 Å². The lowest BCUT2D eigenvalue weighted by atomic mass is 9.76.